The molecule has 0 radical (unpaired) electrons. The highest BCUT2D eigenvalue weighted by atomic mass is 16.3. The van der Waals surface area contributed by atoms with Gasteiger partial charge in [-0.1, -0.05) is 49.6 Å². The lowest BCUT2D eigenvalue weighted by molar-refractivity contribution is -0.706. The first kappa shape index (κ1) is 19.2. The third kappa shape index (κ3) is 5.44. The molecule has 0 aliphatic heterocycles. The van der Waals surface area contributed by atoms with Crippen molar-refractivity contribution in [3.8, 4) is 0 Å². The molecule has 6 nitrogen and oxygen atoms in total. The average Bonchev–Trinajstić information content (AvgIpc) is 3.21. The Hall–Kier alpha value is -2.60. The Kier molecular flexibility index (Phi) is 6.65. The summed E-state index contributed by atoms with van der Waals surface area (Å²) in [5, 5.41) is 7.31. The molecule has 144 valence electrons. The minimum Gasteiger partial charge on any atom is -0.463 e. The number of urea groups is 1. The molecule has 0 unspecified atom stereocenters. The number of hydrogen-bond donors (Lipinski definition) is 3. The number of carbonyl (C=O) groups is 2. The Morgan fingerprint density at radius 3 is 2.48 bits per heavy atom. The maximum Gasteiger partial charge on any atom is 0.321 e. The van der Waals surface area contributed by atoms with E-state index >= 15 is 0 Å². The summed E-state index contributed by atoms with van der Waals surface area (Å²) >= 11 is 0. The van der Waals surface area contributed by atoms with Crippen molar-refractivity contribution in [1.82, 2.24) is 10.6 Å². The lowest BCUT2D eigenvalue weighted by Gasteiger charge is -2.23. The van der Waals surface area contributed by atoms with Crippen molar-refractivity contribution >= 4 is 11.9 Å². The number of rotatable bonds is 6. The van der Waals surface area contributed by atoms with E-state index in [0.29, 0.717) is 0 Å². The molecule has 6 heteroatoms. The van der Waals surface area contributed by atoms with Gasteiger partial charge < -0.3 is 15.1 Å². The van der Waals surface area contributed by atoms with Crippen LogP contribution in [0.15, 0.2) is 53.1 Å². The number of nitrogens with two attached hydrogens (primary N) is 1. The summed E-state index contributed by atoms with van der Waals surface area (Å²) in [6.07, 6.45) is 7.07. The van der Waals surface area contributed by atoms with Gasteiger partial charge in [-0.3, -0.25) is 10.1 Å². The number of imide groups is 1. The molecule has 27 heavy (non-hydrogen) atoms. The third-order valence-electron chi connectivity index (χ3n) is 5.08. The molecule has 1 aromatic carbocycles. The van der Waals surface area contributed by atoms with Gasteiger partial charge in [-0.2, -0.15) is 0 Å². The number of quaternary nitrogens is 1. The summed E-state index contributed by atoms with van der Waals surface area (Å²) in [6.45, 7) is 1.79. The lowest BCUT2D eigenvalue weighted by atomic mass is 9.96. The second-order valence-corrected chi connectivity index (χ2v) is 7.18. The molecule has 1 heterocycles. The van der Waals surface area contributed by atoms with E-state index in [1.54, 1.807) is 13.2 Å². The van der Waals surface area contributed by atoms with Crippen LogP contribution in [-0.4, -0.2) is 24.0 Å². The van der Waals surface area contributed by atoms with Crippen molar-refractivity contribution in [2.75, 3.05) is 0 Å². The molecule has 3 amide bonds. The highest BCUT2D eigenvalue weighted by molar-refractivity contribution is 5.96. The molecule has 4 N–H and O–H groups in total. The van der Waals surface area contributed by atoms with Gasteiger partial charge >= 0.3 is 6.03 Å². The van der Waals surface area contributed by atoms with E-state index in [0.717, 1.165) is 37.0 Å². The Morgan fingerprint density at radius 1 is 1.07 bits per heavy atom. The summed E-state index contributed by atoms with van der Waals surface area (Å²) in [4.78, 5) is 24.6. The fraction of sp³-hybridized carbons (Fsp3) is 0.429. The van der Waals surface area contributed by atoms with E-state index in [2.05, 4.69) is 10.6 Å². The first-order valence-corrected chi connectivity index (χ1v) is 9.68. The van der Waals surface area contributed by atoms with Crippen LogP contribution in [0, 0.1) is 0 Å². The van der Waals surface area contributed by atoms with Gasteiger partial charge in [-0.15, -0.1) is 0 Å². The number of amides is 3. The fourth-order valence-corrected chi connectivity index (χ4v) is 3.57. The van der Waals surface area contributed by atoms with Crippen molar-refractivity contribution in [2.45, 2.75) is 57.2 Å². The minimum absolute atomic E-state index is 0.150. The van der Waals surface area contributed by atoms with Crippen molar-refractivity contribution in [1.29, 1.82) is 0 Å². The molecule has 2 atom stereocenters. The summed E-state index contributed by atoms with van der Waals surface area (Å²) < 4.78 is 5.57. The standard InChI is InChI=1S/C21H27N3O3/c1-15(20(25)24-21(26)23-17-11-6-3-7-12-17)22-19(18-13-8-14-27-18)16-9-4-2-5-10-16/h2,4-5,8-10,13-15,17,19,22H,3,6-7,11-12H2,1H3,(H2,23,24,25,26)/p+1/t15-,19-/m0/s1. The Balaban J connectivity index is 1.58. The number of furan rings is 1. The van der Waals surface area contributed by atoms with Gasteiger partial charge in [0.1, 0.15) is 0 Å². The van der Waals surface area contributed by atoms with E-state index in [1.165, 1.54) is 6.42 Å². The molecule has 1 aliphatic rings. The minimum atomic E-state index is -0.447. The number of carbonyl (C=O) groups excluding carboxylic acids is 2. The molecule has 1 fully saturated rings. The number of benzene rings is 1. The average molecular weight is 370 g/mol. The molecule has 3 rings (SSSR count). The monoisotopic (exact) mass is 370 g/mol. The second kappa shape index (κ2) is 9.37. The molecule has 0 saturated heterocycles. The van der Waals surface area contributed by atoms with Crippen LogP contribution in [0.4, 0.5) is 4.79 Å². The SMILES string of the molecule is C[C@H]([NH2+][C@@H](c1ccccc1)c1ccco1)C(=O)NC(=O)NC1CCCCC1. The van der Waals surface area contributed by atoms with Crippen molar-refractivity contribution in [3.63, 3.8) is 0 Å². The van der Waals surface area contributed by atoms with Crippen LogP contribution in [0.3, 0.4) is 0 Å². The van der Waals surface area contributed by atoms with Gasteiger partial charge in [0.15, 0.2) is 17.8 Å². The van der Waals surface area contributed by atoms with Gasteiger partial charge in [0.2, 0.25) is 0 Å². The fourth-order valence-electron chi connectivity index (χ4n) is 3.57. The van der Waals surface area contributed by atoms with Crippen LogP contribution >= 0.6 is 0 Å². The van der Waals surface area contributed by atoms with Gasteiger partial charge in [0, 0.05) is 11.6 Å². The zero-order valence-electron chi connectivity index (χ0n) is 15.7. The molecular formula is C21H28N3O3+. The number of nitrogens with one attached hydrogen (secondary N) is 2. The normalized spacial score (nSPS) is 17.1. The van der Waals surface area contributed by atoms with E-state index in [-0.39, 0.29) is 18.0 Å². The van der Waals surface area contributed by atoms with Crippen LogP contribution in [-0.2, 0) is 4.79 Å². The molecule has 0 bridgehead atoms. The highest BCUT2D eigenvalue weighted by Gasteiger charge is 2.28. The topological polar surface area (TPSA) is 88.0 Å². The summed E-state index contributed by atoms with van der Waals surface area (Å²) in [5.74, 6) is 0.461. The Bertz CT molecular complexity index is 724. The second-order valence-electron chi connectivity index (χ2n) is 7.18. The zero-order valence-corrected chi connectivity index (χ0v) is 15.7. The zero-order chi connectivity index (χ0) is 19.1. The van der Waals surface area contributed by atoms with E-state index in [1.807, 2.05) is 47.8 Å². The first-order valence-electron chi connectivity index (χ1n) is 9.68. The molecule has 2 aromatic rings. The van der Waals surface area contributed by atoms with Gasteiger partial charge in [0.05, 0.1) is 6.26 Å². The molecule has 1 aliphatic carbocycles. The summed E-state index contributed by atoms with van der Waals surface area (Å²) in [6, 6.07) is 12.8. The molecule has 1 saturated carbocycles. The Morgan fingerprint density at radius 2 is 1.81 bits per heavy atom. The first-order chi connectivity index (χ1) is 13.1. The van der Waals surface area contributed by atoms with Crippen molar-refractivity contribution in [2.24, 2.45) is 0 Å². The molecule has 0 spiro atoms. The van der Waals surface area contributed by atoms with Crippen LogP contribution in [0.5, 0.6) is 0 Å². The maximum absolute atomic E-state index is 12.5. The largest absolute Gasteiger partial charge is 0.463 e. The third-order valence-corrected chi connectivity index (χ3v) is 5.08. The summed E-state index contributed by atoms with van der Waals surface area (Å²) in [5.41, 5.74) is 1.04. The Labute approximate surface area is 159 Å². The van der Waals surface area contributed by atoms with Crippen LogP contribution < -0.4 is 16.0 Å². The predicted octanol–water partition coefficient (Wildman–Crippen LogP) is 2.48. The van der Waals surface area contributed by atoms with Crippen molar-refractivity contribution in [3.05, 3.63) is 60.1 Å². The maximum atomic E-state index is 12.5. The van der Waals surface area contributed by atoms with E-state index in [9.17, 15) is 9.59 Å². The van der Waals surface area contributed by atoms with Crippen LogP contribution in [0.2, 0.25) is 0 Å². The van der Waals surface area contributed by atoms with E-state index in [4.69, 9.17) is 4.42 Å². The molecular weight excluding hydrogens is 342 g/mol. The van der Waals surface area contributed by atoms with Gasteiger partial charge in [0.25, 0.3) is 5.91 Å². The predicted molar refractivity (Wildman–Crippen MR) is 102 cm³/mol. The van der Waals surface area contributed by atoms with Crippen molar-refractivity contribution < 1.29 is 19.3 Å². The lowest BCUT2D eigenvalue weighted by Crippen LogP contribution is -2.93. The van der Waals surface area contributed by atoms with E-state index < -0.39 is 12.1 Å². The highest BCUT2D eigenvalue weighted by Crippen LogP contribution is 2.19. The number of hydrogen-bond acceptors (Lipinski definition) is 3. The quantitative estimate of drug-likeness (QED) is 0.730. The smallest absolute Gasteiger partial charge is 0.321 e. The van der Waals surface area contributed by atoms with Crippen LogP contribution in [0.1, 0.15) is 56.4 Å². The molecule has 1 aromatic heterocycles. The summed E-state index contributed by atoms with van der Waals surface area (Å²) in [7, 11) is 0. The van der Waals surface area contributed by atoms with Crippen LogP contribution in [0.25, 0.3) is 0 Å². The van der Waals surface area contributed by atoms with Gasteiger partial charge in [-0.25, -0.2) is 4.79 Å². The van der Waals surface area contributed by atoms with Gasteiger partial charge in [-0.05, 0) is 31.9 Å².